The Morgan fingerprint density at radius 2 is 1.34 bits per heavy atom. The molecule has 180 valence electrons. The lowest BCUT2D eigenvalue weighted by Crippen LogP contribution is -2.02. The van der Waals surface area contributed by atoms with Crippen LogP contribution in [-0.2, 0) is 18.0 Å². The number of epoxide rings is 1. The molecule has 1 aliphatic rings. The average molecular weight is 491 g/mol. The molecule has 0 spiro atoms. The van der Waals surface area contributed by atoms with E-state index in [1.807, 2.05) is 72.8 Å². The minimum atomic E-state index is -0.727. The monoisotopic (exact) mass is 490 g/mol. The number of hydrogen-bond donors (Lipinski definition) is 1. The molecule has 5 rings (SSSR count). The third kappa shape index (κ3) is 8.07. The summed E-state index contributed by atoms with van der Waals surface area (Å²) in [4.78, 5) is 8.41. The summed E-state index contributed by atoms with van der Waals surface area (Å²) >= 11 is 5.55. The zero-order valence-corrected chi connectivity index (χ0v) is 19.9. The fourth-order valence-electron chi connectivity index (χ4n) is 3.12. The van der Waals surface area contributed by atoms with Gasteiger partial charge >= 0.3 is 0 Å². The van der Waals surface area contributed by atoms with Crippen molar-refractivity contribution in [3.05, 3.63) is 120 Å². The summed E-state index contributed by atoms with van der Waals surface area (Å²) in [6.45, 7) is 1.86. The van der Waals surface area contributed by atoms with E-state index in [1.165, 1.54) is 0 Å². The SMILES string of the molecule is O[C@@H](CCl)c1ccc(OCc2ccccc2)cn1.c1ccc(COc2ccc([C@@H]3CO3)nc2)cc1. The van der Waals surface area contributed by atoms with Crippen molar-refractivity contribution in [2.24, 2.45) is 0 Å². The number of rotatable bonds is 9. The van der Waals surface area contributed by atoms with E-state index in [4.69, 9.17) is 25.8 Å². The number of benzene rings is 2. The van der Waals surface area contributed by atoms with E-state index < -0.39 is 6.10 Å². The Labute approximate surface area is 210 Å². The van der Waals surface area contributed by atoms with Crippen molar-refractivity contribution in [1.82, 2.24) is 9.97 Å². The van der Waals surface area contributed by atoms with E-state index in [0.29, 0.717) is 24.7 Å². The first-order valence-electron chi connectivity index (χ1n) is 11.3. The molecule has 35 heavy (non-hydrogen) atoms. The van der Waals surface area contributed by atoms with E-state index in [9.17, 15) is 5.11 Å². The summed E-state index contributed by atoms with van der Waals surface area (Å²) in [6, 6.07) is 27.4. The Balaban J connectivity index is 0.000000165. The van der Waals surface area contributed by atoms with Gasteiger partial charge in [-0.25, -0.2) is 0 Å². The average Bonchev–Trinajstić information content (AvgIpc) is 3.78. The van der Waals surface area contributed by atoms with Crippen molar-refractivity contribution in [1.29, 1.82) is 0 Å². The van der Waals surface area contributed by atoms with Crippen LogP contribution in [0.4, 0.5) is 0 Å². The first-order valence-corrected chi connectivity index (χ1v) is 11.9. The normalized spacial score (nSPS) is 14.9. The molecule has 0 bridgehead atoms. The highest BCUT2D eigenvalue weighted by molar-refractivity contribution is 6.18. The Bertz CT molecular complexity index is 1140. The molecule has 1 N–H and O–H groups in total. The second-order valence-corrected chi connectivity index (χ2v) is 8.19. The van der Waals surface area contributed by atoms with Gasteiger partial charge in [0, 0.05) is 0 Å². The van der Waals surface area contributed by atoms with E-state index in [2.05, 4.69) is 9.97 Å². The van der Waals surface area contributed by atoms with Crippen molar-refractivity contribution >= 4 is 11.6 Å². The van der Waals surface area contributed by atoms with E-state index in [0.717, 1.165) is 29.2 Å². The second kappa shape index (κ2) is 12.9. The first kappa shape index (κ1) is 24.7. The van der Waals surface area contributed by atoms with Crippen molar-refractivity contribution in [2.75, 3.05) is 12.5 Å². The minimum absolute atomic E-state index is 0.136. The van der Waals surface area contributed by atoms with Gasteiger partial charge in [-0.1, -0.05) is 60.7 Å². The topological polar surface area (TPSA) is 77.0 Å². The van der Waals surface area contributed by atoms with Gasteiger partial charge in [0.1, 0.15) is 36.9 Å². The molecule has 2 aromatic heterocycles. The molecule has 1 saturated heterocycles. The second-order valence-electron chi connectivity index (χ2n) is 7.88. The van der Waals surface area contributed by atoms with Crippen molar-refractivity contribution in [2.45, 2.75) is 25.4 Å². The van der Waals surface area contributed by atoms with Gasteiger partial charge in [0.25, 0.3) is 0 Å². The Kier molecular flexibility index (Phi) is 9.06. The van der Waals surface area contributed by atoms with Crippen molar-refractivity contribution in [3.63, 3.8) is 0 Å². The van der Waals surface area contributed by atoms with Crippen LogP contribution in [0.5, 0.6) is 11.5 Å². The maximum Gasteiger partial charge on any atom is 0.138 e. The molecule has 6 nitrogen and oxygen atoms in total. The van der Waals surface area contributed by atoms with Gasteiger partial charge in [0.2, 0.25) is 0 Å². The molecule has 2 atom stereocenters. The summed E-state index contributed by atoms with van der Waals surface area (Å²) in [7, 11) is 0. The molecule has 1 fully saturated rings. The minimum Gasteiger partial charge on any atom is -0.487 e. The van der Waals surface area contributed by atoms with Gasteiger partial charge in [0.05, 0.1) is 36.3 Å². The lowest BCUT2D eigenvalue weighted by atomic mass is 10.2. The van der Waals surface area contributed by atoms with Crippen LogP contribution in [0.15, 0.2) is 97.3 Å². The highest BCUT2D eigenvalue weighted by atomic mass is 35.5. The van der Waals surface area contributed by atoms with Crippen LogP contribution >= 0.6 is 11.6 Å². The fraction of sp³-hybridized carbons (Fsp3) is 0.214. The summed E-state index contributed by atoms with van der Waals surface area (Å²) in [5, 5.41) is 9.49. The van der Waals surface area contributed by atoms with Crippen molar-refractivity contribution in [3.8, 4) is 11.5 Å². The van der Waals surface area contributed by atoms with E-state index in [-0.39, 0.29) is 12.0 Å². The number of halogens is 1. The largest absolute Gasteiger partial charge is 0.487 e. The highest BCUT2D eigenvalue weighted by Gasteiger charge is 2.25. The summed E-state index contributed by atoms with van der Waals surface area (Å²) in [5.74, 6) is 1.60. The van der Waals surface area contributed by atoms with Gasteiger partial charge in [-0.3, -0.25) is 9.97 Å². The lowest BCUT2D eigenvalue weighted by Gasteiger charge is -2.08. The van der Waals surface area contributed by atoms with Crippen LogP contribution in [0.25, 0.3) is 0 Å². The Hall–Kier alpha value is -3.45. The highest BCUT2D eigenvalue weighted by Crippen LogP contribution is 2.28. The molecular formula is C28H27ClN2O4. The van der Waals surface area contributed by atoms with Gasteiger partial charge in [-0.15, -0.1) is 11.6 Å². The maximum absolute atomic E-state index is 9.49. The third-order valence-electron chi connectivity index (χ3n) is 5.17. The van der Waals surface area contributed by atoms with Gasteiger partial charge in [-0.2, -0.15) is 0 Å². The van der Waals surface area contributed by atoms with Gasteiger partial charge in [0.15, 0.2) is 0 Å². The molecule has 4 aromatic rings. The summed E-state index contributed by atoms with van der Waals surface area (Å²) in [6.07, 6.45) is 2.82. The number of nitrogens with zero attached hydrogens (tertiary/aromatic N) is 2. The Morgan fingerprint density at radius 1 is 0.800 bits per heavy atom. The molecule has 0 saturated carbocycles. The quantitative estimate of drug-likeness (QED) is 0.241. The zero-order valence-electron chi connectivity index (χ0n) is 19.2. The number of aliphatic hydroxyl groups is 1. The standard InChI is InChI=1S/C14H14ClNO2.C14H13NO2/c15-8-14(17)13-7-6-12(9-16-13)18-10-11-4-2-1-3-5-11;1-2-4-11(5-3-1)9-16-12-6-7-13(15-8-12)14-10-17-14/h1-7,9,14,17H,8,10H2;1-8,14H,9-10H2/t2*14-/m00/s1. The fourth-order valence-corrected chi connectivity index (χ4v) is 3.28. The zero-order chi connectivity index (χ0) is 24.3. The number of aromatic nitrogens is 2. The van der Waals surface area contributed by atoms with Crippen LogP contribution in [0.2, 0.25) is 0 Å². The summed E-state index contributed by atoms with van der Waals surface area (Å²) in [5.41, 5.74) is 3.79. The number of ether oxygens (including phenoxy) is 3. The van der Waals surface area contributed by atoms with Crippen LogP contribution in [0, 0.1) is 0 Å². The molecular weight excluding hydrogens is 464 g/mol. The Morgan fingerprint density at radius 3 is 1.77 bits per heavy atom. The van der Waals surface area contributed by atoms with E-state index >= 15 is 0 Å². The maximum atomic E-state index is 9.49. The number of pyridine rings is 2. The van der Waals surface area contributed by atoms with Crippen LogP contribution in [-0.4, -0.2) is 27.6 Å². The van der Waals surface area contributed by atoms with Crippen LogP contribution in [0.1, 0.15) is 34.7 Å². The molecule has 2 aromatic carbocycles. The predicted octanol–water partition coefficient (Wildman–Crippen LogP) is 5.66. The molecule has 0 amide bonds. The first-order chi connectivity index (χ1) is 17.2. The summed E-state index contributed by atoms with van der Waals surface area (Å²) < 4.78 is 16.4. The molecule has 0 unspecified atom stereocenters. The third-order valence-corrected chi connectivity index (χ3v) is 5.46. The molecule has 0 radical (unpaired) electrons. The van der Waals surface area contributed by atoms with Crippen LogP contribution in [0.3, 0.4) is 0 Å². The van der Waals surface area contributed by atoms with E-state index in [1.54, 1.807) is 24.5 Å². The smallest absolute Gasteiger partial charge is 0.138 e. The van der Waals surface area contributed by atoms with Crippen molar-refractivity contribution < 1.29 is 19.3 Å². The molecule has 7 heteroatoms. The van der Waals surface area contributed by atoms with Crippen LogP contribution < -0.4 is 9.47 Å². The predicted molar refractivity (Wildman–Crippen MR) is 134 cm³/mol. The number of alkyl halides is 1. The molecule has 0 aliphatic carbocycles. The number of hydrogen-bond acceptors (Lipinski definition) is 6. The van der Waals surface area contributed by atoms with Gasteiger partial charge in [-0.05, 0) is 35.4 Å². The molecule has 1 aliphatic heterocycles. The lowest BCUT2D eigenvalue weighted by molar-refractivity contribution is 0.197. The van der Waals surface area contributed by atoms with Gasteiger partial charge < -0.3 is 19.3 Å². The number of aliphatic hydroxyl groups excluding tert-OH is 1. The molecule has 3 heterocycles.